The Hall–Kier alpha value is -1.49. The fourth-order valence-corrected chi connectivity index (χ4v) is 2.24. The van der Waals surface area contributed by atoms with Crippen LogP contribution >= 0.6 is 15.9 Å². The Morgan fingerprint density at radius 2 is 1.89 bits per heavy atom. The van der Waals surface area contributed by atoms with Crippen molar-refractivity contribution >= 4 is 21.7 Å². The van der Waals surface area contributed by atoms with Crippen molar-refractivity contribution in [1.82, 2.24) is 15.0 Å². The Kier molecular flexibility index (Phi) is 4.85. The number of anilines is 1. The zero-order valence-corrected chi connectivity index (χ0v) is 12.8. The van der Waals surface area contributed by atoms with Crippen LogP contribution in [-0.2, 0) is 13.0 Å². The highest BCUT2D eigenvalue weighted by Crippen LogP contribution is 2.18. The van der Waals surface area contributed by atoms with E-state index in [1.807, 2.05) is 30.6 Å². The van der Waals surface area contributed by atoms with Crippen LogP contribution in [0.2, 0.25) is 0 Å². The molecule has 2 heterocycles. The second-order valence-electron chi connectivity index (χ2n) is 4.19. The van der Waals surface area contributed by atoms with E-state index in [4.69, 9.17) is 0 Å². The number of rotatable bonds is 5. The molecular formula is C14H17BrN4. The second kappa shape index (κ2) is 6.61. The number of halogens is 1. The maximum atomic E-state index is 4.59. The van der Waals surface area contributed by atoms with Gasteiger partial charge in [0.05, 0.1) is 0 Å². The Morgan fingerprint density at radius 1 is 1.16 bits per heavy atom. The number of pyridine rings is 1. The topological polar surface area (TPSA) is 41.9 Å². The van der Waals surface area contributed by atoms with E-state index < -0.39 is 0 Å². The molecule has 0 spiro atoms. The minimum Gasteiger partial charge on any atom is -0.352 e. The summed E-state index contributed by atoms with van der Waals surface area (Å²) in [6.45, 7) is 5.91. The third kappa shape index (κ3) is 3.73. The maximum absolute atomic E-state index is 4.59. The summed E-state index contributed by atoms with van der Waals surface area (Å²) in [5.74, 6) is 1.82. The lowest BCUT2D eigenvalue weighted by Crippen LogP contribution is -2.23. The molecule has 100 valence electrons. The van der Waals surface area contributed by atoms with Gasteiger partial charge in [-0.15, -0.1) is 0 Å². The molecule has 0 saturated carbocycles. The first-order valence-corrected chi connectivity index (χ1v) is 7.19. The average molecular weight is 321 g/mol. The zero-order valence-electron chi connectivity index (χ0n) is 11.2. The number of hydrogen-bond acceptors (Lipinski definition) is 4. The lowest BCUT2D eigenvalue weighted by molar-refractivity contribution is 0.793. The van der Waals surface area contributed by atoms with E-state index in [1.54, 1.807) is 0 Å². The Labute approximate surface area is 122 Å². The van der Waals surface area contributed by atoms with Crippen molar-refractivity contribution in [3.05, 3.63) is 46.6 Å². The molecule has 4 nitrogen and oxygen atoms in total. The van der Waals surface area contributed by atoms with E-state index in [0.717, 1.165) is 35.8 Å². The third-order valence-corrected chi connectivity index (χ3v) is 3.28. The van der Waals surface area contributed by atoms with Crippen molar-refractivity contribution in [3.8, 4) is 0 Å². The van der Waals surface area contributed by atoms with Gasteiger partial charge in [0.2, 0.25) is 0 Å². The lowest BCUT2D eigenvalue weighted by atomic mass is 10.2. The van der Waals surface area contributed by atoms with Crippen LogP contribution in [0.1, 0.15) is 25.2 Å². The fraction of sp³-hybridized carbons (Fsp3) is 0.357. The molecule has 0 saturated heterocycles. The van der Waals surface area contributed by atoms with Crippen LogP contribution in [0.4, 0.5) is 5.82 Å². The van der Waals surface area contributed by atoms with Gasteiger partial charge in [-0.25, -0.2) is 9.97 Å². The molecular weight excluding hydrogens is 304 g/mol. The first-order chi connectivity index (χ1) is 9.22. The molecule has 0 atom stereocenters. The van der Waals surface area contributed by atoms with E-state index in [2.05, 4.69) is 49.6 Å². The lowest BCUT2D eigenvalue weighted by Gasteiger charge is -2.22. The summed E-state index contributed by atoms with van der Waals surface area (Å²) in [6, 6.07) is 6.02. The standard InChI is InChI=1S/C14H17BrN4/c1-3-13-17-12(15)9-14(18-13)19(4-2)10-11-5-7-16-8-6-11/h5-9H,3-4,10H2,1-2H3. The van der Waals surface area contributed by atoms with Crippen molar-refractivity contribution in [2.75, 3.05) is 11.4 Å². The summed E-state index contributed by atoms with van der Waals surface area (Å²) in [5.41, 5.74) is 1.23. The van der Waals surface area contributed by atoms with E-state index in [0.29, 0.717) is 0 Å². The van der Waals surface area contributed by atoms with Gasteiger partial charge in [0.25, 0.3) is 0 Å². The fourth-order valence-electron chi connectivity index (χ4n) is 1.84. The molecule has 0 N–H and O–H groups in total. The molecule has 0 radical (unpaired) electrons. The van der Waals surface area contributed by atoms with Crippen LogP contribution in [0.25, 0.3) is 0 Å². The molecule has 0 amide bonds. The summed E-state index contributed by atoms with van der Waals surface area (Å²) in [4.78, 5) is 15.2. The van der Waals surface area contributed by atoms with Crippen molar-refractivity contribution in [2.45, 2.75) is 26.8 Å². The molecule has 0 bridgehead atoms. The predicted molar refractivity (Wildman–Crippen MR) is 80.1 cm³/mol. The van der Waals surface area contributed by atoms with E-state index in [9.17, 15) is 0 Å². The minimum absolute atomic E-state index is 0.825. The molecule has 0 aliphatic rings. The largest absolute Gasteiger partial charge is 0.352 e. The molecule has 0 aromatic carbocycles. The highest BCUT2D eigenvalue weighted by atomic mass is 79.9. The van der Waals surface area contributed by atoms with Gasteiger partial charge in [-0.05, 0) is 40.5 Å². The predicted octanol–water partition coefficient (Wildman–Crippen LogP) is 3.22. The van der Waals surface area contributed by atoms with Crippen molar-refractivity contribution < 1.29 is 0 Å². The van der Waals surface area contributed by atoms with Gasteiger partial charge in [0.1, 0.15) is 16.2 Å². The Morgan fingerprint density at radius 3 is 2.53 bits per heavy atom. The van der Waals surface area contributed by atoms with Crippen molar-refractivity contribution in [2.24, 2.45) is 0 Å². The van der Waals surface area contributed by atoms with Gasteiger partial charge in [0.15, 0.2) is 0 Å². The maximum Gasteiger partial charge on any atom is 0.133 e. The number of aryl methyl sites for hydroxylation is 1. The SMILES string of the molecule is CCc1nc(Br)cc(N(CC)Cc2ccncc2)n1. The van der Waals surface area contributed by atoms with Gasteiger partial charge < -0.3 is 4.90 Å². The molecule has 2 rings (SSSR count). The number of hydrogen-bond donors (Lipinski definition) is 0. The van der Waals surface area contributed by atoms with Crippen LogP contribution in [0.5, 0.6) is 0 Å². The van der Waals surface area contributed by atoms with Crippen LogP contribution in [0, 0.1) is 0 Å². The first-order valence-electron chi connectivity index (χ1n) is 6.40. The van der Waals surface area contributed by atoms with Gasteiger partial charge >= 0.3 is 0 Å². The summed E-state index contributed by atoms with van der Waals surface area (Å²) in [7, 11) is 0. The molecule has 0 aliphatic heterocycles. The molecule has 5 heteroatoms. The first kappa shape index (κ1) is 13.9. The van der Waals surface area contributed by atoms with Crippen LogP contribution in [0.3, 0.4) is 0 Å². The van der Waals surface area contributed by atoms with Gasteiger partial charge in [-0.2, -0.15) is 0 Å². The highest BCUT2D eigenvalue weighted by Gasteiger charge is 2.09. The van der Waals surface area contributed by atoms with Crippen LogP contribution in [0.15, 0.2) is 35.2 Å². The Bertz CT molecular complexity index is 530. The molecule has 2 aromatic heterocycles. The molecule has 19 heavy (non-hydrogen) atoms. The minimum atomic E-state index is 0.825. The normalized spacial score (nSPS) is 10.5. The van der Waals surface area contributed by atoms with E-state index in [1.165, 1.54) is 5.56 Å². The second-order valence-corrected chi connectivity index (χ2v) is 5.00. The Balaban J connectivity index is 2.24. The molecule has 0 unspecified atom stereocenters. The van der Waals surface area contributed by atoms with Crippen LogP contribution < -0.4 is 4.90 Å². The van der Waals surface area contributed by atoms with E-state index in [-0.39, 0.29) is 0 Å². The summed E-state index contributed by atoms with van der Waals surface area (Å²) < 4.78 is 0.836. The molecule has 2 aromatic rings. The average Bonchev–Trinajstić information content (AvgIpc) is 2.45. The molecule has 0 fully saturated rings. The van der Waals surface area contributed by atoms with Crippen molar-refractivity contribution in [3.63, 3.8) is 0 Å². The van der Waals surface area contributed by atoms with E-state index >= 15 is 0 Å². The summed E-state index contributed by atoms with van der Waals surface area (Å²) in [5, 5.41) is 0. The molecule has 0 aliphatic carbocycles. The monoisotopic (exact) mass is 320 g/mol. The van der Waals surface area contributed by atoms with Crippen molar-refractivity contribution in [1.29, 1.82) is 0 Å². The zero-order chi connectivity index (χ0) is 13.7. The summed E-state index contributed by atoms with van der Waals surface area (Å²) in [6.07, 6.45) is 4.46. The quantitative estimate of drug-likeness (QED) is 0.793. The number of nitrogens with zero attached hydrogens (tertiary/aromatic N) is 4. The van der Waals surface area contributed by atoms with Gasteiger partial charge in [-0.1, -0.05) is 6.92 Å². The third-order valence-electron chi connectivity index (χ3n) is 2.87. The summed E-state index contributed by atoms with van der Waals surface area (Å²) >= 11 is 3.45. The highest BCUT2D eigenvalue weighted by molar-refractivity contribution is 9.10. The van der Waals surface area contributed by atoms with Crippen LogP contribution in [-0.4, -0.2) is 21.5 Å². The smallest absolute Gasteiger partial charge is 0.133 e. The van der Waals surface area contributed by atoms with Gasteiger partial charge in [-0.3, -0.25) is 4.98 Å². The van der Waals surface area contributed by atoms with Gasteiger partial charge in [0, 0.05) is 38.0 Å². The number of aromatic nitrogens is 3.